The molecule has 1 aliphatic carbocycles. The standard InChI is InChI=1S/C17H11ClF3N3O/c18-10-1-6-13-9(7-10)8-14-15(13)23-24-16(14)22-11-2-4-12(5-3-11)25-17(19,20)21/h1-7H,8H2,(H2,22,23,24). The molecule has 4 nitrogen and oxygen atoms in total. The number of halogens is 4. The fraction of sp³-hybridized carbons (Fsp3) is 0.118. The summed E-state index contributed by atoms with van der Waals surface area (Å²) in [5, 5.41) is 11.1. The molecule has 0 amide bonds. The largest absolute Gasteiger partial charge is 0.573 e. The summed E-state index contributed by atoms with van der Waals surface area (Å²) in [7, 11) is 0. The lowest BCUT2D eigenvalue weighted by molar-refractivity contribution is -0.274. The summed E-state index contributed by atoms with van der Waals surface area (Å²) in [5.41, 5.74) is 4.59. The van der Waals surface area contributed by atoms with Crippen LogP contribution >= 0.6 is 11.6 Å². The van der Waals surface area contributed by atoms with Crippen molar-refractivity contribution in [2.75, 3.05) is 5.32 Å². The highest BCUT2D eigenvalue weighted by Crippen LogP contribution is 2.40. The molecule has 25 heavy (non-hydrogen) atoms. The zero-order valence-electron chi connectivity index (χ0n) is 12.6. The molecular weight excluding hydrogens is 355 g/mol. The second-order valence-electron chi connectivity index (χ2n) is 5.60. The van der Waals surface area contributed by atoms with E-state index in [1.165, 1.54) is 24.3 Å². The number of nitrogens with one attached hydrogen (secondary N) is 2. The summed E-state index contributed by atoms with van der Waals surface area (Å²) < 4.78 is 40.4. The highest BCUT2D eigenvalue weighted by molar-refractivity contribution is 6.30. The predicted octanol–water partition coefficient (Wildman–Crippen LogP) is 5.28. The monoisotopic (exact) mass is 365 g/mol. The Morgan fingerprint density at radius 1 is 1.12 bits per heavy atom. The van der Waals surface area contributed by atoms with Gasteiger partial charge in [-0.05, 0) is 42.0 Å². The van der Waals surface area contributed by atoms with Crippen molar-refractivity contribution in [2.24, 2.45) is 0 Å². The number of nitrogens with zero attached hydrogens (tertiary/aromatic N) is 1. The molecule has 1 aliphatic rings. The predicted molar refractivity (Wildman–Crippen MR) is 88.2 cm³/mol. The molecule has 0 atom stereocenters. The smallest absolute Gasteiger partial charge is 0.406 e. The van der Waals surface area contributed by atoms with Gasteiger partial charge in [0.05, 0.1) is 5.69 Å². The van der Waals surface area contributed by atoms with Crippen molar-refractivity contribution < 1.29 is 17.9 Å². The van der Waals surface area contributed by atoms with Gasteiger partial charge in [-0.3, -0.25) is 5.10 Å². The molecule has 0 aliphatic heterocycles. The van der Waals surface area contributed by atoms with Crippen LogP contribution < -0.4 is 10.1 Å². The Morgan fingerprint density at radius 2 is 1.88 bits per heavy atom. The lowest BCUT2D eigenvalue weighted by Gasteiger charge is -2.10. The van der Waals surface area contributed by atoms with Gasteiger partial charge in [-0.2, -0.15) is 5.10 Å². The van der Waals surface area contributed by atoms with Crippen molar-refractivity contribution in [1.82, 2.24) is 10.2 Å². The van der Waals surface area contributed by atoms with E-state index in [1.54, 1.807) is 0 Å². The average Bonchev–Trinajstić information content (AvgIpc) is 3.07. The SMILES string of the molecule is FC(F)(F)Oc1ccc(Nc2[nH]nc3c2Cc2cc(Cl)ccc2-3)cc1. The highest BCUT2D eigenvalue weighted by atomic mass is 35.5. The lowest BCUT2D eigenvalue weighted by Crippen LogP contribution is -2.16. The molecule has 4 rings (SSSR count). The second-order valence-corrected chi connectivity index (χ2v) is 6.04. The molecule has 128 valence electrons. The quantitative estimate of drug-likeness (QED) is 0.519. The van der Waals surface area contributed by atoms with E-state index < -0.39 is 6.36 Å². The second kappa shape index (κ2) is 5.70. The van der Waals surface area contributed by atoms with E-state index >= 15 is 0 Å². The van der Waals surface area contributed by atoms with E-state index in [2.05, 4.69) is 20.3 Å². The first-order chi connectivity index (χ1) is 11.9. The summed E-state index contributed by atoms with van der Waals surface area (Å²) >= 11 is 6.03. The van der Waals surface area contributed by atoms with E-state index in [9.17, 15) is 13.2 Å². The first-order valence-corrected chi connectivity index (χ1v) is 7.76. The van der Waals surface area contributed by atoms with E-state index in [0.717, 1.165) is 22.4 Å². The van der Waals surface area contributed by atoms with Crippen molar-refractivity contribution >= 4 is 23.1 Å². The summed E-state index contributed by atoms with van der Waals surface area (Å²) in [4.78, 5) is 0. The maximum Gasteiger partial charge on any atom is 0.573 e. The molecule has 2 aromatic carbocycles. The van der Waals surface area contributed by atoms with E-state index in [0.29, 0.717) is 22.9 Å². The number of hydrogen-bond donors (Lipinski definition) is 2. The molecule has 2 N–H and O–H groups in total. The Labute approximate surface area is 145 Å². The zero-order valence-corrected chi connectivity index (χ0v) is 13.4. The van der Waals surface area contributed by atoms with Gasteiger partial charge in [-0.1, -0.05) is 17.7 Å². The molecule has 0 spiro atoms. The Balaban J connectivity index is 1.55. The number of rotatable bonds is 3. The van der Waals surface area contributed by atoms with Crippen LogP contribution in [0.4, 0.5) is 24.7 Å². The van der Waals surface area contributed by atoms with Gasteiger partial charge < -0.3 is 10.1 Å². The molecular formula is C17H11ClF3N3O. The fourth-order valence-electron chi connectivity index (χ4n) is 2.88. The Morgan fingerprint density at radius 3 is 2.60 bits per heavy atom. The fourth-order valence-corrected chi connectivity index (χ4v) is 3.07. The van der Waals surface area contributed by atoms with Gasteiger partial charge in [0.25, 0.3) is 0 Å². The normalized spacial score (nSPS) is 12.6. The maximum absolute atomic E-state index is 12.2. The Hall–Kier alpha value is -2.67. The summed E-state index contributed by atoms with van der Waals surface area (Å²) in [6.45, 7) is 0. The third-order valence-corrected chi connectivity index (χ3v) is 4.15. The number of aromatic nitrogens is 2. The van der Waals surface area contributed by atoms with Crippen molar-refractivity contribution in [3.8, 4) is 17.0 Å². The minimum absolute atomic E-state index is 0.269. The molecule has 0 saturated heterocycles. The number of aromatic amines is 1. The van der Waals surface area contributed by atoms with Crippen molar-refractivity contribution in [1.29, 1.82) is 0 Å². The summed E-state index contributed by atoms with van der Waals surface area (Å²) in [5.74, 6) is 0.432. The number of alkyl halides is 3. The zero-order chi connectivity index (χ0) is 17.6. The van der Waals surface area contributed by atoms with Crippen LogP contribution in [0, 0.1) is 0 Å². The Kier molecular flexibility index (Phi) is 3.61. The first-order valence-electron chi connectivity index (χ1n) is 7.38. The molecule has 0 unspecified atom stereocenters. The van der Waals surface area contributed by atoms with E-state index in [-0.39, 0.29) is 5.75 Å². The van der Waals surface area contributed by atoms with Crippen LogP contribution in [0.1, 0.15) is 11.1 Å². The van der Waals surface area contributed by atoms with Crippen LogP contribution in [-0.2, 0) is 6.42 Å². The van der Waals surface area contributed by atoms with E-state index in [1.807, 2.05) is 18.2 Å². The third-order valence-electron chi connectivity index (χ3n) is 3.91. The molecule has 8 heteroatoms. The van der Waals surface area contributed by atoms with Gasteiger partial charge >= 0.3 is 6.36 Å². The third kappa shape index (κ3) is 3.15. The van der Waals surface area contributed by atoms with Gasteiger partial charge in [0, 0.05) is 28.3 Å². The van der Waals surface area contributed by atoms with Crippen molar-refractivity contribution in [3.05, 3.63) is 58.6 Å². The van der Waals surface area contributed by atoms with Crippen LogP contribution in [0.5, 0.6) is 5.75 Å². The van der Waals surface area contributed by atoms with Crippen LogP contribution in [0.15, 0.2) is 42.5 Å². The van der Waals surface area contributed by atoms with Gasteiger partial charge in [-0.25, -0.2) is 0 Å². The van der Waals surface area contributed by atoms with E-state index in [4.69, 9.17) is 11.6 Å². The minimum atomic E-state index is -4.70. The number of benzene rings is 2. The number of anilines is 2. The Bertz CT molecular complexity index is 935. The van der Waals surface area contributed by atoms with Crippen molar-refractivity contribution in [2.45, 2.75) is 12.8 Å². The number of fused-ring (bicyclic) bond motifs is 3. The number of hydrogen-bond acceptors (Lipinski definition) is 3. The molecule has 1 heterocycles. The summed E-state index contributed by atoms with van der Waals surface area (Å²) in [6, 6.07) is 11.2. The van der Waals surface area contributed by atoms with Gasteiger partial charge in [0.1, 0.15) is 11.6 Å². The van der Waals surface area contributed by atoms with Crippen LogP contribution in [0.25, 0.3) is 11.3 Å². The number of ether oxygens (including phenoxy) is 1. The van der Waals surface area contributed by atoms with Gasteiger partial charge in [0.15, 0.2) is 0 Å². The minimum Gasteiger partial charge on any atom is -0.406 e. The molecule has 0 bridgehead atoms. The molecule has 3 aromatic rings. The number of H-pyrrole nitrogens is 1. The van der Waals surface area contributed by atoms with Crippen LogP contribution in [0.2, 0.25) is 5.02 Å². The molecule has 0 fully saturated rings. The van der Waals surface area contributed by atoms with Crippen molar-refractivity contribution in [3.63, 3.8) is 0 Å². The first kappa shape index (κ1) is 15.8. The van der Waals surface area contributed by atoms with Crippen LogP contribution in [-0.4, -0.2) is 16.6 Å². The molecule has 0 saturated carbocycles. The van der Waals surface area contributed by atoms with Crippen LogP contribution in [0.3, 0.4) is 0 Å². The summed E-state index contributed by atoms with van der Waals surface area (Å²) in [6.07, 6.45) is -4.02. The molecule has 0 radical (unpaired) electrons. The van der Waals surface area contributed by atoms with Gasteiger partial charge in [0.2, 0.25) is 0 Å². The maximum atomic E-state index is 12.2. The average molecular weight is 366 g/mol. The lowest BCUT2D eigenvalue weighted by atomic mass is 10.1. The highest BCUT2D eigenvalue weighted by Gasteiger charge is 2.31. The molecule has 1 aromatic heterocycles. The van der Waals surface area contributed by atoms with Gasteiger partial charge in [-0.15, -0.1) is 13.2 Å². The topological polar surface area (TPSA) is 49.9 Å².